The van der Waals surface area contributed by atoms with Crippen molar-refractivity contribution >= 4 is 37.3 Å². The molecule has 0 aromatic carbocycles. The molecule has 0 spiro atoms. The van der Waals surface area contributed by atoms with Gasteiger partial charge in [0.05, 0.1) is 0 Å². The van der Waals surface area contributed by atoms with Crippen LogP contribution >= 0.6 is 27.3 Å². The summed E-state index contributed by atoms with van der Waals surface area (Å²) in [5.74, 6) is 0. The summed E-state index contributed by atoms with van der Waals surface area (Å²) >= 11 is 4.95. The highest BCUT2D eigenvalue weighted by atomic mass is 79.9. The minimum Gasteiger partial charge on any atom is -0.207 e. The second-order valence-corrected chi connectivity index (χ2v) is 9.05. The number of thiophene rings is 1. The number of nitrogens with one attached hydrogen (secondary N) is 1. The zero-order valence-electron chi connectivity index (χ0n) is 10.4. The first kappa shape index (κ1) is 14.5. The predicted molar refractivity (Wildman–Crippen MR) is 79.0 cm³/mol. The molecule has 1 aromatic rings. The molecule has 1 saturated carbocycles. The number of alkyl halides is 1. The number of aryl methyl sites for hydroxylation is 1. The Morgan fingerprint density at radius 3 is 2.56 bits per heavy atom. The first-order valence-electron chi connectivity index (χ1n) is 6.26. The SMILES string of the molecule is CCc1ccc(S(=O)(=O)NC2CCC(Br)CC2)s1. The highest BCUT2D eigenvalue weighted by molar-refractivity contribution is 9.09. The van der Waals surface area contributed by atoms with Gasteiger partial charge in [0.25, 0.3) is 0 Å². The van der Waals surface area contributed by atoms with Crippen molar-refractivity contribution in [2.75, 3.05) is 0 Å². The molecule has 1 heterocycles. The van der Waals surface area contributed by atoms with Crippen molar-refractivity contribution in [3.63, 3.8) is 0 Å². The van der Waals surface area contributed by atoms with Gasteiger partial charge in [-0.3, -0.25) is 0 Å². The van der Waals surface area contributed by atoms with Crippen molar-refractivity contribution in [3.8, 4) is 0 Å². The van der Waals surface area contributed by atoms with E-state index >= 15 is 0 Å². The molecule has 0 amide bonds. The average molecular weight is 352 g/mol. The van der Waals surface area contributed by atoms with E-state index < -0.39 is 10.0 Å². The van der Waals surface area contributed by atoms with Crippen molar-refractivity contribution in [2.24, 2.45) is 0 Å². The van der Waals surface area contributed by atoms with E-state index in [4.69, 9.17) is 0 Å². The van der Waals surface area contributed by atoms with E-state index in [2.05, 4.69) is 20.7 Å². The van der Waals surface area contributed by atoms with E-state index in [0.717, 1.165) is 37.0 Å². The maximum Gasteiger partial charge on any atom is 0.250 e. The van der Waals surface area contributed by atoms with Gasteiger partial charge in [0, 0.05) is 15.7 Å². The molecule has 1 aliphatic carbocycles. The van der Waals surface area contributed by atoms with Crippen LogP contribution in [0, 0.1) is 0 Å². The summed E-state index contributed by atoms with van der Waals surface area (Å²) in [4.78, 5) is 1.66. The highest BCUT2D eigenvalue weighted by Gasteiger charge is 2.25. The van der Waals surface area contributed by atoms with Crippen molar-refractivity contribution < 1.29 is 8.42 Å². The molecule has 6 heteroatoms. The number of hydrogen-bond donors (Lipinski definition) is 1. The molecule has 0 aliphatic heterocycles. The van der Waals surface area contributed by atoms with Gasteiger partial charge in [-0.2, -0.15) is 0 Å². The van der Waals surface area contributed by atoms with E-state index in [0.29, 0.717) is 9.04 Å². The Hall–Kier alpha value is 0.0900. The van der Waals surface area contributed by atoms with Gasteiger partial charge in [0.1, 0.15) is 4.21 Å². The van der Waals surface area contributed by atoms with E-state index in [1.54, 1.807) is 6.07 Å². The first-order valence-corrected chi connectivity index (χ1v) is 9.48. The Bertz CT molecular complexity index is 490. The van der Waals surface area contributed by atoms with Crippen molar-refractivity contribution in [1.82, 2.24) is 4.72 Å². The molecular weight excluding hydrogens is 334 g/mol. The predicted octanol–water partition coefficient (Wildman–Crippen LogP) is 3.29. The number of halogens is 1. The lowest BCUT2D eigenvalue weighted by Gasteiger charge is -2.25. The van der Waals surface area contributed by atoms with E-state index in [-0.39, 0.29) is 6.04 Å². The number of rotatable bonds is 4. The Kier molecular flexibility index (Phi) is 4.86. The molecule has 1 aliphatic rings. The molecule has 102 valence electrons. The van der Waals surface area contributed by atoms with Crippen LogP contribution in [-0.2, 0) is 16.4 Å². The van der Waals surface area contributed by atoms with E-state index in [9.17, 15) is 8.42 Å². The smallest absolute Gasteiger partial charge is 0.207 e. The summed E-state index contributed by atoms with van der Waals surface area (Å²) in [6.45, 7) is 2.03. The van der Waals surface area contributed by atoms with Gasteiger partial charge in [-0.25, -0.2) is 13.1 Å². The van der Waals surface area contributed by atoms with Crippen LogP contribution in [0.4, 0.5) is 0 Å². The maximum absolute atomic E-state index is 12.2. The zero-order chi connectivity index (χ0) is 13.2. The Labute approximate surface area is 121 Å². The zero-order valence-corrected chi connectivity index (χ0v) is 13.6. The first-order chi connectivity index (χ1) is 8.51. The molecule has 0 saturated heterocycles. The van der Waals surface area contributed by atoms with Crippen LogP contribution in [0.1, 0.15) is 37.5 Å². The highest BCUT2D eigenvalue weighted by Crippen LogP contribution is 2.27. The fourth-order valence-electron chi connectivity index (χ4n) is 2.14. The van der Waals surface area contributed by atoms with Crippen LogP contribution in [0.2, 0.25) is 0 Å². The van der Waals surface area contributed by atoms with Crippen LogP contribution < -0.4 is 4.72 Å². The molecule has 1 aromatic heterocycles. The Morgan fingerprint density at radius 1 is 1.33 bits per heavy atom. The van der Waals surface area contributed by atoms with Gasteiger partial charge in [-0.1, -0.05) is 22.9 Å². The largest absolute Gasteiger partial charge is 0.250 e. The molecule has 1 N–H and O–H groups in total. The van der Waals surface area contributed by atoms with Gasteiger partial charge < -0.3 is 0 Å². The van der Waals surface area contributed by atoms with Gasteiger partial charge in [0.2, 0.25) is 10.0 Å². The number of sulfonamides is 1. The molecule has 3 nitrogen and oxygen atoms in total. The molecule has 0 unspecified atom stereocenters. The summed E-state index contributed by atoms with van der Waals surface area (Å²) in [5.41, 5.74) is 0. The number of hydrogen-bond acceptors (Lipinski definition) is 3. The Morgan fingerprint density at radius 2 is 2.00 bits per heavy atom. The van der Waals surface area contributed by atoms with Gasteiger partial charge in [-0.15, -0.1) is 11.3 Å². The standard InChI is InChI=1S/C12H18BrNO2S2/c1-2-11-7-8-12(17-11)18(15,16)14-10-5-3-9(13)4-6-10/h7-10,14H,2-6H2,1H3. The molecule has 0 bridgehead atoms. The minimum absolute atomic E-state index is 0.0935. The average Bonchev–Trinajstić information content (AvgIpc) is 2.81. The van der Waals surface area contributed by atoms with Crippen molar-refractivity contribution in [1.29, 1.82) is 0 Å². The second kappa shape index (κ2) is 6.03. The van der Waals surface area contributed by atoms with Gasteiger partial charge >= 0.3 is 0 Å². The maximum atomic E-state index is 12.2. The summed E-state index contributed by atoms with van der Waals surface area (Å²) < 4.78 is 27.7. The summed E-state index contributed by atoms with van der Waals surface area (Å²) in [5, 5.41) is 0. The van der Waals surface area contributed by atoms with Crippen molar-refractivity contribution in [2.45, 2.75) is 54.1 Å². The molecule has 1 fully saturated rings. The quantitative estimate of drug-likeness (QED) is 0.846. The molecular formula is C12H18BrNO2S2. The van der Waals surface area contributed by atoms with Crippen LogP contribution in [0.3, 0.4) is 0 Å². The lowest BCUT2D eigenvalue weighted by Crippen LogP contribution is -2.37. The molecule has 2 rings (SSSR count). The fourth-order valence-corrected chi connectivity index (χ4v) is 5.29. The third-order valence-corrected chi connectivity index (χ3v) is 7.39. The second-order valence-electron chi connectivity index (χ2n) is 4.64. The van der Waals surface area contributed by atoms with Crippen LogP contribution in [0.25, 0.3) is 0 Å². The summed E-state index contributed by atoms with van der Waals surface area (Å²) in [6.07, 6.45) is 4.80. The van der Waals surface area contributed by atoms with E-state index in [1.807, 2.05) is 13.0 Å². The van der Waals surface area contributed by atoms with Gasteiger partial charge in [0.15, 0.2) is 0 Å². The molecule has 18 heavy (non-hydrogen) atoms. The summed E-state index contributed by atoms with van der Waals surface area (Å²) in [7, 11) is -3.31. The third kappa shape index (κ3) is 3.56. The fraction of sp³-hybridized carbons (Fsp3) is 0.667. The topological polar surface area (TPSA) is 46.2 Å². The van der Waals surface area contributed by atoms with Crippen molar-refractivity contribution in [3.05, 3.63) is 17.0 Å². The third-order valence-electron chi connectivity index (χ3n) is 3.23. The van der Waals surface area contributed by atoms with Crippen LogP contribution in [-0.4, -0.2) is 19.3 Å². The lowest BCUT2D eigenvalue weighted by molar-refractivity contribution is 0.423. The molecule has 0 atom stereocenters. The Balaban J connectivity index is 2.03. The monoisotopic (exact) mass is 351 g/mol. The van der Waals surface area contributed by atoms with Gasteiger partial charge in [-0.05, 0) is 44.2 Å². The van der Waals surface area contributed by atoms with Crippen LogP contribution in [0.5, 0.6) is 0 Å². The van der Waals surface area contributed by atoms with Crippen LogP contribution in [0.15, 0.2) is 16.3 Å². The lowest BCUT2D eigenvalue weighted by atomic mass is 9.96. The minimum atomic E-state index is -3.31. The van der Waals surface area contributed by atoms with E-state index in [1.165, 1.54) is 11.3 Å². The normalized spacial score (nSPS) is 25.2. The molecule has 0 radical (unpaired) electrons. The summed E-state index contributed by atoms with van der Waals surface area (Å²) in [6, 6.07) is 3.70.